The molecular weight excluding hydrogens is 114 g/mol. The van der Waals surface area contributed by atoms with Crippen LogP contribution in [0.15, 0.2) is 0 Å². The molecule has 1 saturated heterocycles. The smallest absolute Gasteiger partial charge is 0.0584 e. The van der Waals surface area contributed by atoms with E-state index in [1.54, 1.807) is 0 Å². The molecular formula is C7H13NO. The van der Waals surface area contributed by atoms with E-state index >= 15 is 0 Å². The predicted octanol–water partition coefficient (Wildman–Crippen LogP) is -0.0233. The molecule has 0 aromatic carbocycles. The van der Waals surface area contributed by atoms with E-state index in [-0.39, 0.29) is 0 Å². The third-order valence-electron chi connectivity index (χ3n) is 2.55. The lowest BCUT2D eigenvalue weighted by Crippen LogP contribution is -2.37. The number of nitrogens with one attached hydrogen (secondary N) is 1. The van der Waals surface area contributed by atoms with Crippen LogP contribution in [0.5, 0.6) is 0 Å². The molecule has 2 N–H and O–H groups in total. The molecule has 1 aliphatic heterocycles. The Bertz CT molecular complexity index is 115. The van der Waals surface area contributed by atoms with Crippen LogP contribution in [0.3, 0.4) is 0 Å². The number of fused-ring (bicyclic) bond motifs is 1. The summed E-state index contributed by atoms with van der Waals surface area (Å²) < 4.78 is 0. The van der Waals surface area contributed by atoms with Crippen molar-refractivity contribution < 1.29 is 5.11 Å². The summed E-state index contributed by atoms with van der Waals surface area (Å²) in [6.45, 7) is 1.47. The Labute approximate surface area is 55.3 Å². The first-order valence-corrected chi connectivity index (χ1v) is 3.74. The summed E-state index contributed by atoms with van der Waals surface area (Å²) in [6.07, 6.45) is 2.62. The molecule has 1 saturated carbocycles. The van der Waals surface area contributed by atoms with Gasteiger partial charge in [-0.15, -0.1) is 0 Å². The topological polar surface area (TPSA) is 32.3 Å². The van der Waals surface area contributed by atoms with E-state index in [4.69, 9.17) is 5.11 Å². The number of piperidine rings is 1. The SMILES string of the molecule is OC[C@@H]1CC2C[C@H]2CN1. The zero-order valence-corrected chi connectivity index (χ0v) is 5.51. The molecule has 3 atom stereocenters. The Hall–Kier alpha value is -0.0800. The van der Waals surface area contributed by atoms with E-state index in [1.165, 1.54) is 12.8 Å². The van der Waals surface area contributed by atoms with Crippen LogP contribution in [0.25, 0.3) is 0 Å². The maximum absolute atomic E-state index is 8.76. The van der Waals surface area contributed by atoms with Crippen molar-refractivity contribution in [3.63, 3.8) is 0 Å². The molecule has 0 radical (unpaired) electrons. The molecule has 2 heteroatoms. The Kier molecular flexibility index (Phi) is 1.24. The molecule has 0 aromatic heterocycles. The molecule has 0 spiro atoms. The highest BCUT2D eigenvalue weighted by molar-refractivity contribution is 4.95. The van der Waals surface area contributed by atoms with E-state index in [0.717, 1.165) is 18.4 Å². The largest absolute Gasteiger partial charge is 0.395 e. The number of aliphatic hydroxyl groups excluding tert-OH is 1. The van der Waals surface area contributed by atoms with Crippen LogP contribution in [-0.4, -0.2) is 24.3 Å². The quantitative estimate of drug-likeness (QED) is 0.518. The average molecular weight is 127 g/mol. The van der Waals surface area contributed by atoms with Crippen LogP contribution < -0.4 is 5.32 Å². The Morgan fingerprint density at radius 3 is 2.89 bits per heavy atom. The minimum Gasteiger partial charge on any atom is -0.395 e. The van der Waals surface area contributed by atoms with Crippen LogP contribution >= 0.6 is 0 Å². The van der Waals surface area contributed by atoms with Crippen LogP contribution in [0.1, 0.15) is 12.8 Å². The van der Waals surface area contributed by atoms with Gasteiger partial charge >= 0.3 is 0 Å². The second-order valence-electron chi connectivity index (χ2n) is 3.28. The predicted molar refractivity (Wildman–Crippen MR) is 35.1 cm³/mol. The van der Waals surface area contributed by atoms with Gasteiger partial charge in [0.15, 0.2) is 0 Å². The highest BCUT2D eigenvalue weighted by Crippen LogP contribution is 2.43. The molecule has 52 valence electrons. The number of aliphatic hydroxyl groups is 1. The van der Waals surface area contributed by atoms with E-state index in [2.05, 4.69) is 5.32 Å². The van der Waals surface area contributed by atoms with Gasteiger partial charge in [0.2, 0.25) is 0 Å². The van der Waals surface area contributed by atoms with Crippen molar-refractivity contribution >= 4 is 0 Å². The molecule has 1 heterocycles. The van der Waals surface area contributed by atoms with Gasteiger partial charge < -0.3 is 10.4 Å². The zero-order chi connectivity index (χ0) is 6.27. The first kappa shape index (κ1) is 5.69. The summed E-state index contributed by atoms with van der Waals surface area (Å²) >= 11 is 0. The monoisotopic (exact) mass is 127 g/mol. The summed E-state index contributed by atoms with van der Waals surface area (Å²) in [7, 11) is 0. The maximum Gasteiger partial charge on any atom is 0.0584 e. The summed E-state index contributed by atoms with van der Waals surface area (Å²) in [5.74, 6) is 1.93. The molecule has 1 aliphatic carbocycles. The van der Waals surface area contributed by atoms with E-state index in [9.17, 15) is 0 Å². The van der Waals surface area contributed by atoms with Crippen molar-refractivity contribution in [2.75, 3.05) is 13.2 Å². The van der Waals surface area contributed by atoms with Gasteiger partial charge in [-0.1, -0.05) is 0 Å². The van der Waals surface area contributed by atoms with Gasteiger partial charge in [-0.3, -0.25) is 0 Å². The van der Waals surface area contributed by atoms with E-state index < -0.39 is 0 Å². The van der Waals surface area contributed by atoms with Gasteiger partial charge in [-0.25, -0.2) is 0 Å². The molecule has 0 amide bonds. The Morgan fingerprint density at radius 1 is 1.33 bits per heavy atom. The van der Waals surface area contributed by atoms with Crippen molar-refractivity contribution in [3.05, 3.63) is 0 Å². The molecule has 0 bridgehead atoms. The van der Waals surface area contributed by atoms with Gasteiger partial charge in [0.05, 0.1) is 6.61 Å². The van der Waals surface area contributed by atoms with E-state index in [1.807, 2.05) is 0 Å². The fraction of sp³-hybridized carbons (Fsp3) is 1.00. The summed E-state index contributed by atoms with van der Waals surface area (Å²) in [5.41, 5.74) is 0. The third-order valence-corrected chi connectivity index (χ3v) is 2.55. The molecule has 2 aliphatic rings. The van der Waals surface area contributed by atoms with Crippen molar-refractivity contribution in [1.29, 1.82) is 0 Å². The fourth-order valence-corrected chi connectivity index (χ4v) is 1.75. The lowest BCUT2D eigenvalue weighted by atomic mass is 10.1. The van der Waals surface area contributed by atoms with Gasteiger partial charge in [-0.2, -0.15) is 0 Å². The zero-order valence-electron chi connectivity index (χ0n) is 5.51. The van der Waals surface area contributed by atoms with Crippen LogP contribution in [0.4, 0.5) is 0 Å². The van der Waals surface area contributed by atoms with Crippen LogP contribution in [0.2, 0.25) is 0 Å². The molecule has 2 fully saturated rings. The van der Waals surface area contributed by atoms with Crippen molar-refractivity contribution in [2.45, 2.75) is 18.9 Å². The summed E-state index contributed by atoms with van der Waals surface area (Å²) in [4.78, 5) is 0. The minimum atomic E-state index is 0.323. The van der Waals surface area contributed by atoms with Crippen LogP contribution in [0, 0.1) is 11.8 Å². The normalized spacial score (nSPS) is 48.3. The highest BCUT2D eigenvalue weighted by Gasteiger charge is 2.41. The Balaban J connectivity index is 1.86. The van der Waals surface area contributed by atoms with Gasteiger partial charge in [-0.05, 0) is 31.2 Å². The average Bonchev–Trinajstić information content (AvgIpc) is 2.64. The first-order chi connectivity index (χ1) is 4.40. The van der Waals surface area contributed by atoms with Gasteiger partial charge in [0.25, 0.3) is 0 Å². The van der Waals surface area contributed by atoms with Crippen molar-refractivity contribution in [1.82, 2.24) is 5.32 Å². The minimum absolute atomic E-state index is 0.323. The number of hydrogen-bond donors (Lipinski definition) is 2. The summed E-state index contributed by atoms with van der Waals surface area (Å²) in [5, 5.41) is 12.1. The first-order valence-electron chi connectivity index (χ1n) is 3.74. The molecule has 9 heavy (non-hydrogen) atoms. The molecule has 2 rings (SSSR count). The van der Waals surface area contributed by atoms with Crippen molar-refractivity contribution in [3.8, 4) is 0 Å². The molecule has 2 nitrogen and oxygen atoms in total. The Morgan fingerprint density at radius 2 is 2.22 bits per heavy atom. The third kappa shape index (κ3) is 0.970. The summed E-state index contributed by atoms with van der Waals surface area (Å²) in [6, 6.07) is 0.411. The fourth-order valence-electron chi connectivity index (χ4n) is 1.75. The maximum atomic E-state index is 8.76. The lowest BCUT2D eigenvalue weighted by molar-refractivity contribution is 0.216. The molecule has 0 aromatic rings. The van der Waals surface area contributed by atoms with Gasteiger partial charge in [0.1, 0.15) is 0 Å². The van der Waals surface area contributed by atoms with Gasteiger partial charge in [0, 0.05) is 6.04 Å². The van der Waals surface area contributed by atoms with Crippen LogP contribution in [-0.2, 0) is 0 Å². The standard InChI is InChI=1S/C7H13NO/c9-4-7-2-5-1-6(5)3-8-7/h5-9H,1-4H2/t5?,6-,7-/m0/s1. The second-order valence-corrected chi connectivity index (χ2v) is 3.28. The molecule has 1 unspecified atom stereocenters. The van der Waals surface area contributed by atoms with Crippen molar-refractivity contribution in [2.24, 2.45) is 11.8 Å². The second kappa shape index (κ2) is 1.96. The number of hydrogen-bond acceptors (Lipinski definition) is 2. The number of rotatable bonds is 1. The highest BCUT2D eigenvalue weighted by atomic mass is 16.3. The van der Waals surface area contributed by atoms with E-state index in [0.29, 0.717) is 12.6 Å². The lowest BCUT2D eigenvalue weighted by Gasteiger charge is -2.20.